The minimum absolute atomic E-state index is 0.134. The summed E-state index contributed by atoms with van der Waals surface area (Å²) in [5, 5.41) is 0.695. The molecule has 1 aliphatic carbocycles. The van der Waals surface area contributed by atoms with Gasteiger partial charge in [0.05, 0.1) is 18.8 Å². The van der Waals surface area contributed by atoms with Crippen LogP contribution in [0.15, 0.2) is 11.1 Å². The van der Waals surface area contributed by atoms with Crippen molar-refractivity contribution in [1.82, 2.24) is 9.55 Å². The van der Waals surface area contributed by atoms with Crippen LogP contribution in [0.4, 0.5) is 0 Å². The van der Waals surface area contributed by atoms with Gasteiger partial charge in [-0.2, -0.15) is 0 Å². The number of thiophene rings is 1. The first kappa shape index (κ1) is 14.3. The lowest BCUT2D eigenvalue weighted by atomic mass is 9.89. The van der Waals surface area contributed by atoms with Gasteiger partial charge in [-0.3, -0.25) is 9.36 Å². The van der Waals surface area contributed by atoms with E-state index in [4.69, 9.17) is 4.74 Å². The predicted octanol–water partition coefficient (Wildman–Crippen LogP) is 2.32. The number of hydrogen-bond donors (Lipinski definition) is 0. The van der Waals surface area contributed by atoms with E-state index in [1.165, 1.54) is 22.9 Å². The lowest BCUT2D eigenvalue weighted by Crippen LogP contribution is -2.29. The Labute approximate surface area is 126 Å². The van der Waals surface area contributed by atoms with Gasteiger partial charge < -0.3 is 4.74 Å². The summed E-state index contributed by atoms with van der Waals surface area (Å²) in [6, 6.07) is -0.655. The van der Waals surface area contributed by atoms with Gasteiger partial charge in [-0.1, -0.05) is 6.92 Å². The van der Waals surface area contributed by atoms with Gasteiger partial charge in [-0.05, 0) is 37.7 Å². The van der Waals surface area contributed by atoms with E-state index < -0.39 is 12.0 Å². The summed E-state index contributed by atoms with van der Waals surface area (Å²) in [6.07, 6.45) is 4.49. The van der Waals surface area contributed by atoms with Crippen molar-refractivity contribution in [2.45, 2.75) is 39.2 Å². The molecule has 0 spiro atoms. The second-order valence-corrected chi connectivity index (χ2v) is 6.77. The van der Waals surface area contributed by atoms with Crippen LogP contribution in [0, 0.1) is 5.92 Å². The maximum absolute atomic E-state index is 12.7. The van der Waals surface area contributed by atoms with Crippen LogP contribution >= 0.6 is 11.3 Å². The van der Waals surface area contributed by atoms with Crippen molar-refractivity contribution in [1.29, 1.82) is 0 Å². The third-order valence-corrected chi connectivity index (χ3v) is 5.36. The third kappa shape index (κ3) is 2.27. The number of ether oxygens (including phenoxy) is 1. The molecule has 0 amide bonds. The summed E-state index contributed by atoms with van der Waals surface area (Å²) >= 11 is 1.61. The molecule has 0 N–H and O–H groups in total. The quantitative estimate of drug-likeness (QED) is 0.799. The van der Waals surface area contributed by atoms with E-state index in [0.29, 0.717) is 11.3 Å². The molecule has 1 aliphatic rings. The number of fused-ring (bicyclic) bond motifs is 3. The van der Waals surface area contributed by atoms with Crippen molar-refractivity contribution in [2.75, 3.05) is 7.11 Å². The Morgan fingerprint density at radius 1 is 1.57 bits per heavy atom. The van der Waals surface area contributed by atoms with E-state index in [2.05, 4.69) is 11.9 Å². The maximum Gasteiger partial charge on any atom is 0.328 e. The van der Waals surface area contributed by atoms with Crippen LogP contribution in [0.2, 0.25) is 0 Å². The number of carbonyl (C=O) groups excluding carboxylic acids is 1. The van der Waals surface area contributed by atoms with Crippen molar-refractivity contribution in [2.24, 2.45) is 5.92 Å². The highest BCUT2D eigenvalue weighted by Crippen LogP contribution is 2.35. The molecule has 2 aromatic heterocycles. The van der Waals surface area contributed by atoms with E-state index >= 15 is 0 Å². The largest absolute Gasteiger partial charge is 0.467 e. The maximum atomic E-state index is 12.7. The van der Waals surface area contributed by atoms with Gasteiger partial charge in [0.1, 0.15) is 10.9 Å². The number of nitrogens with zero attached hydrogens (tertiary/aromatic N) is 2. The number of hydrogen-bond acceptors (Lipinski definition) is 5. The van der Waals surface area contributed by atoms with Crippen LogP contribution in [0.3, 0.4) is 0 Å². The third-order valence-electron chi connectivity index (χ3n) is 4.20. The van der Waals surface area contributed by atoms with Gasteiger partial charge >= 0.3 is 5.97 Å². The van der Waals surface area contributed by atoms with Gasteiger partial charge in [-0.15, -0.1) is 11.3 Å². The van der Waals surface area contributed by atoms with Crippen molar-refractivity contribution in [3.05, 3.63) is 27.1 Å². The number of aromatic nitrogens is 2. The molecule has 6 heteroatoms. The standard InChI is InChI=1S/C15H18N2O3S/c1-8-4-5-10-11(6-8)21-13-12(10)14(18)17(7-16-13)9(2)15(19)20-3/h7-9H,4-6H2,1-3H3/t8-,9+/m1/s1. The first-order valence-corrected chi connectivity index (χ1v) is 7.93. The average molecular weight is 306 g/mol. The average Bonchev–Trinajstić information content (AvgIpc) is 2.84. The van der Waals surface area contributed by atoms with Crippen LogP contribution in [-0.4, -0.2) is 22.6 Å². The van der Waals surface area contributed by atoms with Gasteiger partial charge in [0.2, 0.25) is 0 Å². The Balaban J connectivity index is 2.17. The first-order valence-electron chi connectivity index (χ1n) is 7.12. The molecule has 0 aromatic carbocycles. The van der Waals surface area contributed by atoms with Gasteiger partial charge in [0.15, 0.2) is 0 Å². The lowest BCUT2D eigenvalue weighted by molar-refractivity contribution is -0.144. The van der Waals surface area contributed by atoms with Crippen molar-refractivity contribution in [3.8, 4) is 0 Å². The molecule has 5 nitrogen and oxygen atoms in total. The second kappa shape index (κ2) is 5.26. The van der Waals surface area contributed by atoms with Crippen molar-refractivity contribution >= 4 is 27.5 Å². The number of aryl methyl sites for hydroxylation is 1. The minimum Gasteiger partial charge on any atom is -0.467 e. The molecule has 2 aromatic rings. The fraction of sp³-hybridized carbons (Fsp3) is 0.533. The fourth-order valence-corrected chi connectivity index (χ4v) is 4.25. The SMILES string of the molecule is COC(=O)[C@H](C)n1cnc2sc3c(c2c1=O)CC[C@@H](C)C3. The number of carbonyl (C=O) groups is 1. The van der Waals surface area contributed by atoms with E-state index in [-0.39, 0.29) is 5.56 Å². The van der Waals surface area contributed by atoms with Crippen LogP contribution in [-0.2, 0) is 22.4 Å². The molecule has 2 atom stereocenters. The zero-order valence-corrected chi connectivity index (χ0v) is 13.2. The summed E-state index contributed by atoms with van der Waals surface area (Å²) in [4.78, 5) is 30.8. The Bertz CT molecular complexity index is 762. The van der Waals surface area contributed by atoms with Crippen molar-refractivity contribution in [3.63, 3.8) is 0 Å². The zero-order valence-electron chi connectivity index (χ0n) is 12.4. The highest BCUT2D eigenvalue weighted by Gasteiger charge is 2.25. The predicted molar refractivity (Wildman–Crippen MR) is 81.8 cm³/mol. The van der Waals surface area contributed by atoms with E-state index in [1.807, 2.05) is 0 Å². The smallest absolute Gasteiger partial charge is 0.328 e. The summed E-state index contributed by atoms with van der Waals surface area (Å²) < 4.78 is 6.09. The zero-order chi connectivity index (χ0) is 15.1. The molecule has 0 aliphatic heterocycles. The Morgan fingerprint density at radius 3 is 3.05 bits per heavy atom. The molecule has 3 rings (SSSR count). The molecular weight excluding hydrogens is 288 g/mol. The van der Waals surface area contributed by atoms with Gasteiger partial charge in [-0.25, -0.2) is 9.78 Å². The van der Waals surface area contributed by atoms with Crippen LogP contribution in [0.25, 0.3) is 10.2 Å². The Hall–Kier alpha value is -1.69. The molecule has 0 saturated carbocycles. The molecule has 0 saturated heterocycles. The number of methoxy groups -OCH3 is 1. The highest BCUT2D eigenvalue weighted by molar-refractivity contribution is 7.18. The molecule has 0 radical (unpaired) electrons. The Morgan fingerprint density at radius 2 is 2.33 bits per heavy atom. The summed E-state index contributed by atoms with van der Waals surface area (Å²) in [6.45, 7) is 3.89. The number of esters is 1. The lowest BCUT2D eigenvalue weighted by Gasteiger charge is -2.17. The second-order valence-electron chi connectivity index (χ2n) is 5.69. The number of rotatable bonds is 2. The van der Waals surface area contributed by atoms with E-state index in [1.54, 1.807) is 18.3 Å². The monoisotopic (exact) mass is 306 g/mol. The van der Waals surface area contributed by atoms with E-state index in [9.17, 15) is 9.59 Å². The van der Waals surface area contributed by atoms with Crippen LogP contribution in [0.5, 0.6) is 0 Å². The fourth-order valence-electron chi connectivity index (χ4n) is 2.90. The molecule has 2 heterocycles. The topological polar surface area (TPSA) is 61.2 Å². The Kier molecular flexibility index (Phi) is 3.57. The van der Waals surface area contributed by atoms with E-state index in [0.717, 1.165) is 29.7 Å². The summed E-state index contributed by atoms with van der Waals surface area (Å²) in [5.74, 6) is 0.220. The molecule has 112 valence electrons. The highest BCUT2D eigenvalue weighted by atomic mass is 32.1. The summed E-state index contributed by atoms with van der Waals surface area (Å²) in [7, 11) is 1.32. The molecular formula is C15H18N2O3S. The molecule has 0 bridgehead atoms. The first-order chi connectivity index (χ1) is 10.0. The molecule has 21 heavy (non-hydrogen) atoms. The molecule has 0 fully saturated rings. The van der Waals surface area contributed by atoms with Crippen LogP contribution < -0.4 is 5.56 Å². The van der Waals surface area contributed by atoms with Crippen LogP contribution in [0.1, 0.15) is 36.8 Å². The normalized spacial score (nSPS) is 19.3. The molecule has 0 unspecified atom stereocenters. The summed E-state index contributed by atoms with van der Waals surface area (Å²) in [5.41, 5.74) is 1.00. The minimum atomic E-state index is -0.655. The van der Waals surface area contributed by atoms with Crippen molar-refractivity contribution < 1.29 is 9.53 Å². The van der Waals surface area contributed by atoms with Gasteiger partial charge in [0.25, 0.3) is 5.56 Å². The van der Waals surface area contributed by atoms with Gasteiger partial charge in [0, 0.05) is 4.88 Å².